The Kier molecular flexibility index (Phi) is 5.06. The molecule has 3 heterocycles. The fourth-order valence-corrected chi connectivity index (χ4v) is 6.01. The van der Waals surface area contributed by atoms with Crippen LogP contribution in [0.2, 0.25) is 0 Å². The van der Waals surface area contributed by atoms with Gasteiger partial charge in [0.05, 0.1) is 11.0 Å². The number of sulfonamides is 1. The lowest BCUT2D eigenvalue weighted by Crippen LogP contribution is -2.25. The lowest BCUT2D eigenvalue weighted by molar-refractivity contribution is -0.0702. The highest BCUT2D eigenvalue weighted by Crippen LogP contribution is 2.33. The van der Waals surface area contributed by atoms with Crippen molar-refractivity contribution in [2.45, 2.75) is 17.7 Å². The summed E-state index contributed by atoms with van der Waals surface area (Å²) >= 11 is 4.76. The third-order valence-electron chi connectivity index (χ3n) is 4.15. The van der Waals surface area contributed by atoms with Crippen LogP contribution in [-0.4, -0.2) is 33.9 Å². The number of nitrogens with zero attached hydrogens (tertiary/aromatic N) is 1. The first kappa shape index (κ1) is 18.6. The molecule has 0 radical (unpaired) electrons. The molecule has 0 saturated heterocycles. The normalized spacial score (nSPS) is 16.7. The van der Waals surface area contributed by atoms with Crippen molar-refractivity contribution in [2.24, 2.45) is 0 Å². The largest absolute Gasteiger partial charge is 0.454 e. The zero-order valence-corrected chi connectivity index (χ0v) is 17.6. The molecular weight excluding hydrogens is 456 g/mol. The number of halogens is 1. The van der Waals surface area contributed by atoms with Crippen molar-refractivity contribution in [2.75, 3.05) is 20.4 Å². The van der Waals surface area contributed by atoms with Crippen molar-refractivity contribution in [3.8, 4) is 11.5 Å². The van der Waals surface area contributed by atoms with E-state index in [1.165, 1.54) is 16.4 Å². The number of ether oxygens (including phenoxy) is 2. The van der Waals surface area contributed by atoms with Gasteiger partial charge in [-0.05, 0) is 57.9 Å². The highest BCUT2D eigenvalue weighted by Gasteiger charge is 2.27. The van der Waals surface area contributed by atoms with E-state index in [0.717, 1.165) is 21.9 Å². The van der Waals surface area contributed by atoms with Gasteiger partial charge in [0, 0.05) is 11.9 Å². The van der Waals surface area contributed by atoms with E-state index >= 15 is 0 Å². The number of aryl methyl sites for hydroxylation is 2. The number of thiophene rings is 1. The minimum absolute atomic E-state index is 0.199. The third kappa shape index (κ3) is 3.93. The van der Waals surface area contributed by atoms with E-state index in [-0.39, 0.29) is 17.6 Å². The molecule has 1 aromatic carbocycles. The second-order valence-corrected chi connectivity index (χ2v) is 9.72. The van der Waals surface area contributed by atoms with E-state index in [0.29, 0.717) is 23.9 Å². The Morgan fingerprint density at radius 3 is 2.81 bits per heavy atom. The quantitative estimate of drug-likeness (QED) is 0.696. The Morgan fingerprint density at radius 1 is 1.22 bits per heavy atom. The summed E-state index contributed by atoms with van der Waals surface area (Å²) in [4.78, 5) is 6.44. The van der Waals surface area contributed by atoms with Crippen LogP contribution in [0, 0.1) is 0 Å². The molecule has 2 aromatic rings. The van der Waals surface area contributed by atoms with Gasteiger partial charge in [0.15, 0.2) is 11.5 Å². The number of likely N-dealkylation sites (N-methyl/N-ethyl adjacent to an activating group) is 1. The van der Waals surface area contributed by atoms with Gasteiger partial charge in [0.25, 0.3) is 10.0 Å². The first-order valence-electron chi connectivity index (χ1n) is 8.18. The predicted molar refractivity (Wildman–Crippen MR) is 104 cm³/mol. The SMILES string of the molecule is CN1CC(Br)=C(NS(=O)(=O)c2ccsc2CCc2ccc3c(c2)OCO3)O1. The van der Waals surface area contributed by atoms with Gasteiger partial charge in [-0.2, -0.15) is 0 Å². The molecule has 2 aliphatic rings. The van der Waals surface area contributed by atoms with Gasteiger partial charge in [-0.3, -0.25) is 0 Å². The second kappa shape index (κ2) is 7.34. The molecule has 4 rings (SSSR count). The summed E-state index contributed by atoms with van der Waals surface area (Å²) in [6.45, 7) is 0.721. The van der Waals surface area contributed by atoms with Crippen LogP contribution in [0.1, 0.15) is 10.4 Å². The third-order valence-corrected chi connectivity index (χ3v) is 7.29. The van der Waals surface area contributed by atoms with Gasteiger partial charge in [-0.1, -0.05) is 6.07 Å². The number of rotatable bonds is 6. The van der Waals surface area contributed by atoms with Crippen molar-refractivity contribution >= 4 is 37.3 Å². The minimum atomic E-state index is -3.73. The maximum absolute atomic E-state index is 12.8. The number of benzene rings is 1. The van der Waals surface area contributed by atoms with Crippen LogP contribution < -0.4 is 14.2 Å². The van der Waals surface area contributed by atoms with E-state index < -0.39 is 10.0 Å². The molecule has 0 fully saturated rings. The number of hydrogen-bond acceptors (Lipinski definition) is 7. The maximum Gasteiger partial charge on any atom is 0.265 e. The summed E-state index contributed by atoms with van der Waals surface area (Å²) in [6.07, 6.45) is 1.31. The standard InChI is InChI=1S/C17H17BrN2O5S2/c1-20-9-12(18)17(25-20)19-27(21,22)16-6-7-26-15(16)5-3-11-2-4-13-14(8-11)24-10-23-13/h2,4,6-8,19H,3,5,9-10H2,1H3. The Labute approximate surface area is 169 Å². The van der Waals surface area contributed by atoms with E-state index in [9.17, 15) is 8.42 Å². The lowest BCUT2D eigenvalue weighted by Gasteiger charge is -2.12. The average molecular weight is 473 g/mol. The van der Waals surface area contributed by atoms with Crippen LogP contribution in [0.25, 0.3) is 0 Å². The maximum atomic E-state index is 12.8. The molecule has 10 heteroatoms. The fourth-order valence-electron chi connectivity index (χ4n) is 2.86. The van der Waals surface area contributed by atoms with Crippen LogP contribution in [0.4, 0.5) is 0 Å². The summed E-state index contributed by atoms with van der Waals surface area (Å²) in [5, 5.41) is 3.32. The predicted octanol–water partition coefficient (Wildman–Crippen LogP) is 2.98. The number of hydroxylamine groups is 2. The molecule has 27 heavy (non-hydrogen) atoms. The molecule has 0 atom stereocenters. The molecule has 2 aliphatic heterocycles. The van der Waals surface area contributed by atoms with Crippen LogP contribution in [-0.2, 0) is 27.7 Å². The molecule has 0 saturated carbocycles. The number of fused-ring (bicyclic) bond motifs is 1. The van der Waals surface area contributed by atoms with Crippen molar-refractivity contribution in [3.05, 3.63) is 50.5 Å². The molecule has 144 valence electrons. The lowest BCUT2D eigenvalue weighted by atomic mass is 10.1. The van der Waals surface area contributed by atoms with Crippen molar-refractivity contribution in [1.29, 1.82) is 0 Å². The van der Waals surface area contributed by atoms with Crippen molar-refractivity contribution in [1.82, 2.24) is 9.79 Å². The van der Waals surface area contributed by atoms with E-state index in [4.69, 9.17) is 14.3 Å². The molecule has 0 bridgehead atoms. The molecule has 0 aliphatic carbocycles. The van der Waals surface area contributed by atoms with Crippen LogP contribution in [0.5, 0.6) is 11.5 Å². The summed E-state index contributed by atoms with van der Waals surface area (Å²) in [7, 11) is -2.00. The summed E-state index contributed by atoms with van der Waals surface area (Å²) in [6, 6.07) is 7.41. The molecular formula is C17H17BrN2O5S2. The van der Waals surface area contributed by atoms with Crippen molar-refractivity contribution < 1.29 is 22.7 Å². The smallest absolute Gasteiger partial charge is 0.265 e. The monoisotopic (exact) mass is 472 g/mol. The second-order valence-electron chi connectivity index (χ2n) is 6.11. The Bertz CT molecular complexity index is 1000. The van der Waals surface area contributed by atoms with Gasteiger partial charge in [-0.15, -0.1) is 16.4 Å². The molecule has 1 aromatic heterocycles. The summed E-state index contributed by atoms with van der Waals surface area (Å²) < 4.78 is 39.5. The zero-order valence-electron chi connectivity index (χ0n) is 14.4. The Balaban J connectivity index is 1.48. The van der Waals surface area contributed by atoms with Gasteiger partial charge in [0.2, 0.25) is 12.7 Å². The van der Waals surface area contributed by atoms with Crippen LogP contribution in [0.3, 0.4) is 0 Å². The topological polar surface area (TPSA) is 77.1 Å². The molecule has 7 nitrogen and oxygen atoms in total. The van der Waals surface area contributed by atoms with Crippen LogP contribution >= 0.6 is 27.3 Å². The van der Waals surface area contributed by atoms with Gasteiger partial charge >= 0.3 is 0 Å². The van der Waals surface area contributed by atoms with Gasteiger partial charge < -0.3 is 14.3 Å². The first-order valence-corrected chi connectivity index (χ1v) is 11.3. The highest BCUT2D eigenvalue weighted by molar-refractivity contribution is 9.11. The van der Waals surface area contributed by atoms with Crippen molar-refractivity contribution in [3.63, 3.8) is 0 Å². The zero-order chi connectivity index (χ0) is 19.0. The van der Waals surface area contributed by atoms with E-state index in [2.05, 4.69) is 20.7 Å². The summed E-state index contributed by atoms with van der Waals surface area (Å²) in [5.41, 5.74) is 1.06. The van der Waals surface area contributed by atoms with Gasteiger partial charge in [0.1, 0.15) is 4.90 Å². The van der Waals surface area contributed by atoms with E-state index in [1.807, 2.05) is 18.2 Å². The fraction of sp³-hybridized carbons (Fsp3) is 0.294. The molecule has 0 amide bonds. The minimum Gasteiger partial charge on any atom is -0.454 e. The molecule has 1 N–H and O–H groups in total. The van der Waals surface area contributed by atoms with Crippen LogP contribution in [0.15, 0.2) is 44.9 Å². The van der Waals surface area contributed by atoms with Gasteiger partial charge in [-0.25, -0.2) is 13.1 Å². The Hall–Kier alpha value is -1.75. The highest BCUT2D eigenvalue weighted by atomic mass is 79.9. The summed E-state index contributed by atoms with van der Waals surface area (Å²) in [5.74, 6) is 1.67. The molecule has 0 spiro atoms. The number of hydrogen-bond donors (Lipinski definition) is 1. The first-order chi connectivity index (χ1) is 12.9. The number of nitrogens with one attached hydrogen (secondary N) is 1. The van der Waals surface area contributed by atoms with E-state index in [1.54, 1.807) is 18.5 Å². The molecule has 0 unspecified atom stereocenters. The average Bonchev–Trinajstić information content (AvgIpc) is 3.33. The Morgan fingerprint density at radius 2 is 2.04 bits per heavy atom.